The summed E-state index contributed by atoms with van der Waals surface area (Å²) in [5.41, 5.74) is -0.194. The molecule has 0 aromatic heterocycles. The number of Topliss-reactive ketones (excluding diaryl/α,β-unsaturated/α-hetero) is 1. The first-order chi connectivity index (χ1) is 6.82. The van der Waals surface area contributed by atoms with Gasteiger partial charge in [0.15, 0.2) is 5.78 Å². The molecule has 0 radical (unpaired) electrons. The molecule has 2 unspecified atom stereocenters. The standard InChI is InChI=1S/C13H25NO/c1-10-7-6-8-14(11(10)2)9-12(15)13(3,4)5/h10-11H,6-9H2,1-5H3. The van der Waals surface area contributed by atoms with Gasteiger partial charge in [0.2, 0.25) is 0 Å². The minimum Gasteiger partial charge on any atom is -0.298 e. The van der Waals surface area contributed by atoms with Gasteiger partial charge in [-0.1, -0.05) is 27.7 Å². The molecule has 2 heteroatoms. The molecule has 2 atom stereocenters. The smallest absolute Gasteiger partial charge is 0.152 e. The number of piperidine rings is 1. The summed E-state index contributed by atoms with van der Waals surface area (Å²) in [5.74, 6) is 1.09. The Morgan fingerprint density at radius 2 is 1.93 bits per heavy atom. The predicted octanol–water partition coefficient (Wildman–Crippen LogP) is 2.72. The van der Waals surface area contributed by atoms with E-state index in [9.17, 15) is 4.79 Å². The van der Waals surface area contributed by atoms with E-state index in [1.807, 2.05) is 20.8 Å². The van der Waals surface area contributed by atoms with Crippen LogP contribution in [0.1, 0.15) is 47.5 Å². The zero-order valence-electron chi connectivity index (χ0n) is 10.8. The fourth-order valence-corrected chi connectivity index (χ4v) is 2.07. The third-order valence-electron chi connectivity index (χ3n) is 3.69. The summed E-state index contributed by atoms with van der Waals surface area (Å²) >= 11 is 0. The van der Waals surface area contributed by atoms with Crippen molar-refractivity contribution in [3.05, 3.63) is 0 Å². The van der Waals surface area contributed by atoms with Gasteiger partial charge in [-0.25, -0.2) is 0 Å². The topological polar surface area (TPSA) is 20.3 Å². The van der Waals surface area contributed by atoms with Crippen LogP contribution >= 0.6 is 0 Å². The minimum atomic E-state index is -0.194. The molecule has 0 aromatic rings. The van der Waals surface area contributed by atoms with E-state index in [1.54, 1.807) is 0 Å². The lowest BCUT2D eigenvalue weighted by atomic mass is 9.87. The average Bonchev–Trinajstić information content (AvgIpc) is 2.11. The van der Waals surface area contributed by atoms with Crippen LogP contribution in [0.15, 0.2) is 0 Å². The van der Waals surface area contributed by atoms with E-state index in [1.165, 1.54) is 12.8 Å². The summed E-state index contributed by atoms with van der Waals surface area (Å²) in [4.78, 5) is 14.3. The third-order valence-corrected chi connectivity index (χ3v) is 3.69. The molecule has 0 spiro atoms. The number of ketones is 1. The van der Waals surface area contributed by atoms with Gasteiger partial charge in [-0.15, -0.1) is 0 Å². The SMILES string of the molecule is CC1CCCN(CC(=O)C(C)(C)C)C1C. The van der Waals surface area contributed by atoms with Gasteiger partial charge in [0.25, 0.3) is 0 Å². The number of carbonyl (C=O) groups excluding carboxylic acids is 1. The van der Waals surface area contributed by atoms with Crippen LogP contribution in [-0.4, -0.2) is 29.8 Å². The van der Waals surface area contributed by atoms with E-state index >= 15 is 0 Å². The molecule has 88 valence electrons. The first-order valence-electron chi connectivity index (χ1n) is 6.09. The number of hydrogen-bond donors (Lipinski definition) is 0. The van der Waals surface area contributed by atoms with Crippen LogP contribution in [0.25, 0.3) is 0 Å². The van der Waals surface area contributed by atoms with Crippen LogP contribution in [-0.2, 0) is 4.79 Å². The fourth-order valence-electron chi connectivity index (χ4n) is 2.07. The van der Waals surface area contributed by atoms with Crippen molar-refractivity contribution in [1.82, 2.24) is 4.90 Å². The molecule has 0 bridgehead atoms. The van der Waals surface area contributed by atoms with Crippen molar-refractivity contribution in [2.24, 2.45) is 11.3 Å². The van der Waals surface area contributed by atoms with Crippen LogP contribution in [0, 0.1) is 11.3 Å². The van der Waals surface area contributed by atoms with Crippen LogP contribution in [0.5, 0.6) is 0 Å². The number of hydrogen-bond acceptors (Lipinski definition) is 2. The van der Waals surface area contributed by atoms with Crippen molar-refractivity contribution >= 4 is 5.78 Å². The molecule has 1 rings (SSSR count). The van der Waals surface area contributed by atoms with E-state index in [0.717, 1.165) is 12.5 Å². The second kappa shape index (κ2) is 4.65. The van der Waals surface area contributed by atoms with Gasteiger partial charge >= 0.3 is 0 Å². The first kappa shape index (κ1) is 12.7. The molecule has 0 aromatic carbocycles. The summed E-state index contributed by atoms with van der Waals surface area (Å²) < 4.78 is 0. The lowest BCUT2D eigenvalue weighted by molar-refractivity contribution is -0.128. The second-order valence-corrected chi connectivity index (χ2v) is 6.00. The quantitative estimate of drug-likeness (QED) is 0.700. The molecule has 1 aliphatic rings. The molecule has 2 nitrogen and oxygen atoms in total. The molecule has 0 N–H and O–H groups in total. The molecule has 15 heavy (non-hydrogen) atoms. The Morgan fingerprint density at radius 1 is 1.33 bits per heavy atom. The highest BCUT2D eigenvalue weighted by Crippen LogP contribution is 2.24. The maximum Gasteiger partial charge on any atom is 0.152 e. The van der Waals surface area contributed by atoms with Crippen LogP contribution < -0.4 is 0 Å². The van der Waals surface area contributed by atoms with Crippen LogP contribution in [0.2, 0.25) is 0 Å². The minimum absolute atomic E-state index is 0.194. The summed E-state index contributed by atoms with van der Waals surface area (Å²) in [5, 5.41) is 0. The van der Waals surface area contributed by atoms with E-state index in [2.05, 4.69) is 18.7 Å². The molecule has 0 amide bonds. The third kappa shape index (κ3) is 3.30. The Morgan fingerprint density at radius 3 is 2.47 bits per heavy atom. The monoisotopic (exact) mass is 211 g/mol. The van der Waals surface area contributed by atoms with E-state index in [0.29, 0.717) is 18.4 Å². The van der Waals surface area contributed by atoms with Gasteiger partial charge in [-0.05, 0) is 32.2 Å². The van der Waals surface area contributed by atoms with Gasteiger partial charge < -0.3 is 0 Å². The molecule has 1 saturated heterocycles. The molecule has 0 saturated carbocycles. The van der Waals surface area contributed by atoms with Gasteiger partial charge in [0, 0.05) is 11.5 Å². The van der Waals surface area contributed by atoms with Crippen molar-refractivity contribution in [3.63, 3.8) is 0 Å². The molecule has 1 fully saturated rings. The Hall–Kier alpha value is -0.370. The van der Waals surface area contributed by atoms with Gasteiger partial charge in [0.1, 0.15) is 0 Å². The van der Waals surface area contributed by atoms with Gasteiger partial charge in [-0.2, -0.15) is 0 Å². The van der Waals surface area contributed by atoms with E-state index in [4.69, 9.17) is 0 Å². The van der Waals surface area contributed by atoms with Gasteiger partial charge in [-0.3, -0.25) is 9.69 Å². The zero-order chi connectivity index (χ0) is 11.6. The highest BCUT2D eigenvalue weighted by molar-refractivity contribution is 5.85. The highest BCUT2D eigenvalue weighted by Gasteiger charge is 2.29. The molecular formula is C13H25NO. The van der Waals surface area contributed by atoms with E-state index in [-0.39, 0.29) is 5.41 Å². The second-order valence-electron chi connectivity index (χ2n) is 6.00. The number of nitrogens with zero attached hydrogens (tertiary/aromatic N) is 1. The zero-order valence-corrected chi connectivity index (χ0v) is 10.8. The molecule has 0 aliphatic carbocycles. The number of carbonyl (C=O) groups is 1. The fraction of sp³-hybridized carbons (Fsp3) is 0.923. The van der Waals surface area contributed by atoms with Crippen molar-refractivity contribution in [2.45, 2.75) is 53.5 Å². The number of likely N-dealkylation sites (tertiary alicyclic amines) is 1. The summed E-state index contributed by atoms with van der Waals surface area (Å²) in [6.07, 6.45) is 2.55. The Bertz CT molecular complexity index is 229. The van der Waals surface area contributed by atoms with Gasteiger partial charge in [0.05, 0.1) is 6.54 Å². The Kier molecular flexibility index (Phi) is 3.93. The molecule has 1 aliphatic heterocycles. The number of rotatable bonds is 2. The molecule has 1 heterocycles. The van der Waals surface area contributed by atoms with Crippen molar-refractivity contribution < 1.29 is 4.79 Å². The van der Waals surface area contributed by atoms with Crippen molar-refractivity contribution in [3.8, 4) is 0 Å². The summed E-state index contributed by atoms with van der Waals surface area (Å²) in [6, 6.07) is 0.560. The lowest BCUT2D eigenvalue weighted by Gasteiger charge is -2.38. The normalized spacial score (nSPS) is 29.1. The van der Waals surface area contributed by atoms with Crippen LogP contribution in [0.4, 0.5) is 0 Å². The average molecular weight is 211 g/mol. The maximum absolute atomic E-state index is 11.9. The van der Waals surface area contributed by atoms with Crippen molar-refractivity contribution in [2.75, 3.05) is 13.1 Å². The summed E-state index contributed by atoms with van der Waals surface area (Å²) in [7, 11) is 0. The first-order valence-corrected chi connectivity index (χ1v) is 6.09. The predicted molar refractivity (Wildman–Crippen MR) is 63.9 cm³/mol. The maximum atomic E-state index is 11.9. The van der Waals surface area contributed by atoms with Crippen LogP contribution in [0.3, 0.4) is 0 Å². The highest BCUT2D eigenvalue weighted by atomic mass is 16.1. The Balaban J connectivity index is 2.54. The lowest BCUT2D eigenvalue weighted by Crippen LogP contribution is -2.46. The largest absolute Gasteiger partial charge is 0.298 e. The van der Waals surface area contributed by atoms with E-state index < -0.39 is 0 Å². The summed E-state index contributed by atoms with van der Waals surface area (Å²) in [6.45, 7) is 12.3. The molecular weight excluding hydrogens is 186 g/mol. The van der Waals surface area contributed by atoms with Crippen molar-refractivity contribution in [1.29, 1.82) is 0 Å². The Labute approximate surface area is 94.0 Å².